The van der Waals surface area contributed by atoms with Crippen LogP contribution >= 0.6 is 11.6 Å². The summed E-state index contributed by atoms with van der Waals surface area (Å²) in [6.45, 7) is 1.46. The van der Waals surface area contributed by atoms with Crippen LogP contribution < -0.4 is 0 Å². The number of likely N-dealkylation sites (tertiary alicyclic amines) is 1. The van der Waals surface area contributed by atoms with E-state index in [0.717, 1.165) is 37.8 Å². The molecule has 1 fully saturated rings. The Morgan fingerprint density at radius 2 is 2.00 bits per heavy atom. The predicted octanol–water partition coefficient (Wildman–Crippen LogP) is 4.74. The number of carbonyl (C=O) groups excluding carboxylic acids is 1. The van der Waals surface area contributed by atoms with E-state index in [-0.39, 0.29) is 17.7 Å². The van der Waals surface area contributed by atoms with Gasteiger partial charge in [-0.15, -0.1) is 0 Å². The fourth-order valence-corrected chi connectivity index (χ4v) is 3.69. The van der Waals surface area contributed by atoms with Crippen LogP contribution in [0.25, 0.3) is 11.1 Å². The number of nitrogens with zero attached hydrogens (tertiary/aromatic N) is 1. The first-order valence-electron chi connectivity index (χ1n) is 8.99. The molecule has 138 valence electrons. The molecule has 1 N–H and O–H groups in total. The van der Waals surface area contributed by atoms with E-state index in [1.54, 1.807) is 25.3 Å². The summed E-state index contributed by atoms with van der Waals surface area (Å²) < 4.78 is 5.19. The van der Waals surface area contributed by atoms with Gasteiger partial charge in [0.1, 0.15) is 5.75 Å². The van der Waals surface area contributed by atoms with Crippen LogP contribution in [0.15, 0.2) is 42.5 Å². The van der Waals surface area contributed by atoms with Crippen molar-refractivity contribution < 1.29 is 14.6 Å². The highest BCUT2D eigenvalue weighted by molar-refractivity contribution is 6.31. The molecule has 0 aliphatic carbocycles. The second-order valence-corrected chi connectivity index (χ2v) is 7.10. The third kappa shape index (κ3) is 4.19. The average Bonchev–Trinajstić information content (AvgIpc) is 2.68. The van der Waals surface area contributed by atoms with Gasteiger partial charge >= 0.3 is 0 Å². The highest BCUT2D eigenvalue weighted by Crippen LogP contribution is 2.32. The van der Waals surface area contributed by atoms with Gasteiger partial charge in [-0.3, -0.25) is 4.79 Å². The van der Waals surface area contributed by atoms with Crippen molar-refractivity contribution in [2.75, 3.05) is 20.3 Å². The molecule has 0 radical (unpaired) electrons. The zero-order chi connectivity index (χ0) is 18.5. The lowest BCUT2D eigenvalue weighted by Gasteiger charge is -2.36. The number of carbonyl (C=O) groups is 1. The summed E-state index contributed by atoms with van der Waals surface area (Å²) in [6, 6.07) is 12.5. The van der Waals surface area contributed by atoms with Crippen molar-refractivity contribution in [2.45, 2.75) is 31.7 Å². The van der Waals surface area contributed by atoms with Crippen molar-refractivity contribution in [3.63, 3.8) is 0 Å². The van der Waals surface area contributed by atoms with E-state index in [9.17, 15) is 9.90 Å². The maximum Gasteiger partial charge on any atom is 0.254 e. The summed E-state index contributed by atoms with van der Waals surface area (Å²) in [7, 11) is 1.69. The van der Waals surface area contributed by atoms with Gasteiger partial charge in [-0.2, -0.15) is 0 Å². The van der Waals surface area contributed by atoms with Crippen molar-refractivity contribution in [3.05, 3.63) is 53.1 Å². The molecule has 5 heteroatoms. The SMILES string of the molecule is COCCC1CCCCN1C(=O)c1ccc(-c2cc(Cl)ccc2O)cc1. The number of phenolic OH excluding ortho intramolecular Hbond substituents is 1. The maximum atomic E-state index is 13.0. The second kappa shape index (κ2) is 8.56. The number of piperidine rings is 1. The zero-order valence-electron chi connectivity index (χ0n) is 15.0. The Morgan fingerprint density at radius 1 is 1.23 bits per heavy atom. The fourth-order valence-electron chi connectivity index (χ4n) is 3.52. The van der Waals surface area contributed by atoms with E-state index in [0.29, 0.717) is 22.8 Å². The van der Waals surface area contributed by atoms with Crippen molar-refractivity contribution in [2.24, 2.45) is 0 Å². The third-order valence-electron chi connectivity index (χ3n) is 4.94. The molecule has 2 aromatic carbocycles. The lowest BCUT2D eigenvalue weighted by molar-refractivity contribution is 0.0553. The van der Waals surface area contributed by atoms with E-state index in [1.807, 2.05) is 29.2 Å². The molecule has 1 aliphatic rings. The lowest BCUT2D eigenvalue weighted by Crippen LogP contribution is -2.44. The molecule has 1 amide bonds. The molecule has 0 saturated carbocycles. The standard InChI is InChI=1S/C21H24ClNO3/c1-26-13-11-18-4-2-3-12-23(18)21(25)16-7-5-15(6-8-16)19-14-17(22)9-10-20(19)24/h5-10,14,18,24H,2-4,11-13H2,1H3. The van der Waals surface area contributed by atoms with Crippen LogP contribution in [0.5, 0.6) is 5.75 Å². The molecule has 3 rings (SSSR count). The first-order valence-corrected chi connectivity index (χ1v) is 9.37. The number of benzene rings is 2. The molecule has 1 saturated heterocycles. The summed E-state index contributed by atoms with van der Waals surface area (Å²) in [6.07, 6.45) is 4.11. The smallest absolute Gasteiger partial charge is 0.254 e. The van der Waals surface area contributed by atoms with Gasteiger partial charge in [0.2, 0.25) is 0 Å². The summed E-state index contributed by atoms with van der Waals surface area (Å²) in [5, 5.41) is 10.6. The van der Waals surface area contributed by atoms with Crippen LogP contribution in [0, 0.1) is 0 Å². The van der Waals surface area contributed by atoms with Crippen LogP contribution in [0.3, 0.4) is 0 Å². The molecule has 4 nitrogen and oxygen atoms in total. The number of aromatic hydroxyl groups is 1. The van der Waals surface area contributed by atoms with Gasteiger partial charge in [-0.1, -0.05) is 23.7 Å². The van der Waals surface area contributed by atoms with E-state index in [1.165, 1.54) is 0 Å². The van der Waals surface area contributed by atoms with Crippen LogP contribution in [-0.4, -0.2) is 42.2 Å². The minimum Gasteiger partial charge on any atom is -0.507 e. The molecule has 26 heavy (non-hydrogen) atoms. The number of phenols is 1. The highest BCUT2D eigenvalue weighted by atomic mass is 35.5. The number of hydrogen-bond donors (Lipinski definition) is 1. The molecule has 1 atom stereocenters. The van der Waals surface area contributed by atoms with Crippen LogP contribution in [0.4, 0.5) is 0 Å². The quantitative estimate of drug-likeness (QED) is 0.823. The van der Waals surface area contributed by atoms with E-state index >= 15 is 0 Å². The van der Waals surface area contributed by atoms with Gasteiger partial charge in [-0.25, -0.2) is 0 Å². The Labute approximate surface area is 159 Å². The normalized spacial score (nSPS) is 17.3. The van der Waals surface area contributed by atoms with Gasteiger partial charge in [0.15, 0.2) is 0 Å². The molecule has 0 aromatic heterocycles. The Kier molecular flexibility index (Phi) is 6.17. The van der Waals surface area contributed by atoms with Crippen LogP contribution in [-0.2, 0) is 4.74 Å². The van der Waals surface area contributed by atoms with Crippen molar-refractivity contribution >= 4 is 17.5 Å². The number of amides is 1. The number of methoxy groups -OCH3 is 1. The zero-order valence-corrected chi connectivity index (χ0v) is 15.7. The third-order valence-corrected chi connectivity index (χ3v) is 5.18. The molecule has 0 bridgehead atoms. The molecule has 1 unspecified atom stereocenters. The summed E-state index contributed by atoms with van der Waals surface area (Å²) in [5.41, 5.74) is 2.16. The van der Waals surface area contributed by atoms with Gasteiger partial charge in [0.25, 0.3) is 5.91 Å². The van der Waals surface area contributed by atoms with Crippen molar-refractivity contribution in [1.82, 2.24) is 4.90 Å². The highest BCUT2D eigenvalue weighted by Gasteiger charge is 2.27. The fraction of sp³-hybridized carbons (Fsp3) is 0.381. The molecule has 0 spiro atoms. The monoisotopic (exact) mass is 373 g/mol. The molecule has 2 aromatic rings. The van der Waals surface area contributed by atoms with Gasteiger partial charge in [0, 0.05) is 42.5 Å². The maximum absolute atomic E-state index is 13.0. The summed E-state index contributed by atoms with van der Waals surface area (Å²) in [5.74, 6) is 0.233. The predicted molar refractivity (Wildman–Crippen MR) is 104 cm³/mol. The minimum absolute atomic E-state index is 0.0627. The number of ether oxygens (including phenoxy) is 1. The molecule has 1 aliphatic heterocycles. The summed E-state index contributed by atoms with van der Waals surface area (Å²) in [4.78, 5) is 14.9. The lowest BCUT2D eigenvalue weighted by atomic mass is 9.97. The summed E-state index contributed by atoms with van der Waals surface area (Å²) >= 11 is 6.03. The van der Waals surface area contributed by atoms with Gasteiger partial charge < -0.3 is 14.7 Å². The first kappa shape index (κ1) is 18.7. The second-order valence-electron chi connectivity index (χ2n) is 6.67. The van der Waals surface area contributed by atoms with E-state index in [4.69, 9.17) is 16.3 Å². The van der Waals surface area contributed by atoms with E-state index in [2.05, 4.69) is 0 Å². The average molecular weight is 374 g/mol. The van der Waals surface area contributed by atoms with Crippen molar-refractivity contribution in [1.29, 1.82) is 0 Å². The minimum atomic E-state index is 0.0627. The number of hydrogen-bond acceptors (Lipinski definition) is 3. The molecular formula is C21H24ClNO3. The van der Waals surface area contributed by atoms with Gasteiger partial charge in [-0.05, 0) is 61.6 Å². The Hall–Kier alpha value is -2.04. The largest absolute Gasteiger partial charge is 0.507 e. The van der Waals surface area contributed by atoms with E-state index < -0.39 is 0 Å². The Bertz CT molecular complexity index is 760. The molecule has 1 heterocycles. The topological polar surface area (TPSA) is 49.8 Å². The molecular weight excluding hydrogens is 350 g/mol. The van der Waals surface area contributed by atoms with Crippen LogP contribution in [0.2, 0.25) is 5.02 Å². The Balaban J connectivity index is 1.79. The first-order chi connectivity index (χ1) is 12.6. The van der Waals surface area contributed by atoms with Crippen LogP contribution in [0.1, 0.15) is 36.0 Å². The van der Waals surface area contributed by atoms with Crippen molar-refractivity contribution in [3.8, 4) is 16.9 Å². The van der Waals surface area contributed by atoms with Gasteiger partial charge in [0.05, 0.1) is 0 Å². The Morgan fingerprint density at radius 3 is 2.73 bits per heavy atom. The number of halogens is 1. The number of rotatable bonds is 5.